The van der Waals surface area contributed by atoms with Gasteiger partial charge in [-0.3, -0.25) is 4.79 Å². The average molecular weight is 374 g/mol. The molecule has 0 aromatic carbocycles. The maximum atomic E-state index is 12.8. The SMILES string of the molecule is COC(=O)c1ccsc1N1CCC(Nc2cc(C)nc(C(C)C)n2)C1=O. The van der Waals surface area contributed by atoms with Crippen LogP contribution < -0.4 is 10.2 Å². The lowest BCUT2D eigenvalue weighted by atomic mass is 10.2. The van der Waals surface area contributed by atoms with Crippen molar-refractivity contribution in [3.63, 3.8) is 0 Å². The van der Waals surface area contributed by atoms with E-state index in [1.807, 2.05) is 26.8 Å². The van der Waals surface area contributed by atoms with Crippen LogP contribution in [-0.2, 0) is 9.53 Å². The zero-order valence-corrected chi connectivity index (χ0v) is 16.1. The van der Waals surface area contributed by atoms with Gasteiger partial charge in [-0.1, -0.05) is 13.8 Å². The van der Waals surface area contributed by atoms with E-state index in [0.717, 1.165) is 11.5 Å². The minimum atomic E-state index is -0.432. The van der Waals surface area contributed by atoms with Crippen molar-refractivity contribution in [2.75, 3.05) is 23.9 Å². The topological polar surface area (TPSA) is 84.4 Å². The number of ether oxygens (including phenoxy) is 1. The van der Waals surface area contributed by atoms with Crippen molar-refractivity contribution in [2.24, 2.45) is 0 Å². The Balaban J connectivity index is 1.78. The summed E-state index contributed by atoms with van der Waals surface area (Å²) in [6, 6.07) is 3.15. The molecule has 0 bridgehead atoms. The Bertz CT molecular complexity index is 834. The molecule has 2 aromatic heterocycles. The van der Waals surface area contributed by atoms with E-state index >= 15 is 0 Å². The minimum Gasteiger partial charge on any atom is -0.465 e. The zero-order chi connectivity index (χ0) is 18.8. The lowest BCUT2D eigenvalue weighted by Crippen LogP contribution is -2.34. The molecular formula is C18H22N4O3S. The van der Waals surface area contributed by atoms with Crippen molar-refractivity contribution in [2.45, 2.75) is 39.2 Å². The predicted octanol–water partition coefficient (Wildman–Crippen LogP) is 2.97. The number of amides is 1. The quantitative estimate of drug-likeness (QED) is 0.810. The van der Waals surface area contributed by atoms with Crippen molar-refractivity contribution in [3.8, 4) is 0 Å². The van der Waals surface area contributed by atoms with Gasteiger partial charge in [-0.05, 0) is 24.8 Å². The Hall–Kier alpha value is -2.48. The van der Waals surface area contributed by atoms with Crippen LogP contribution in [0.25, 0.3) is 0 Å². The first-order chi connectivity index (χ1) is 12.4. The molecule has 26 heavy (non-hydrogen) atoms. The number of nitrogens with one attached hydrogen (secondary N) is 1. The van der Waals surface area contributed by atoms with E-state index < -0.39 is 5.97 Å². The van der Waals surface area contributed by atoms with Gasteiger partial charge in [-0.2, -0.15) is 0 Å². The van der Waals surface area contributed by atoms with Gasteiger partial charge < -0.3 is 15.0 Å². The van der Waals surface area contributed by atoms with Crippen molar-refractivity contribution in [1.29, 1.82) is 0 Å². The molecule has 138 valence electrons. The number of hydrogen-bond acceptors (Lipinski definition) is 7. The van der Waals surface area contributed by atoms with E-state index in [-0.39, 0.29) is 17.9 Å². The van der Waals surface area contributed by atoms with E-state index in [1.165, 1.54) is 18.4 Å². The van der Waals surface area contributed by atoms with Crippen molar-refractivity contribution >= 4 is 34.0 Å². The Labute approximate surface area is 156 Å². The highest BCUT2D eigenvalue weighted by molar-refractivity contribution is 7.14. The molecule has 0 saturated carbocycles. The fourth-order valence-corrected chi connectivity index (χ4v) is 3.81. The maximum Gasteiger partial charge on any atom is 0.340 e. The van der Waals surface area contributed by atoms with Crippen LogP contribution in [0.2, 0.25) is 0 Å². The largest absolute Gasteiger partial charge is 0.465 e. The van der Waals surface area contributed by atoms with Gasteiger partial charge in [0.05, 0.1) is 12.7 Å². The van der Waals surface area contributed by atoms with Crippen LogP contribution in [0.5, 0.6) is 0 Å². The van der Waals surface area contributed by atoms with Gasteiger partial charge in [0, 0.05) is 24.2 Å². The van der Waals surface area contributed by atoms with Gasteiger partial charge in [0.2, 0.25) is 5.91 Å². The van der Waals surface area contributed by atoms with Gasteiger partial charge in [0.1, 0.15) is 22.7 Å². The highest BCUT2D eigenvalue weighted by atomic mass is 32.1. The molecule has 1 amide bonds. The normalized spacial score (nSPS) is 17.0. The van der Waals surface area contributed by atoms with Gasteiger partial charge in [0.15, 0.2) is 0 Å². The molecule has 3 rings (SSSR count). The van der Waals surface area contributed by atoms with E-state index in [2.05, 4.69) is 15.3 Å². The lowest BCUT2D eigenvalue weighted by Gasteiger charge is -2.17. The van der Waals surface area contributed by atoms with Crippen molar-refractivity contribution in [3.05, 3.63) is 34.6 Å². The van der Waals surface area contributed by atoms with Crippen molar-refractivity contribution in [1.82, 2.24) is 9.97 Å². The molecule has 7 nitrogen and oxygen atoms in total. The number of rotatable bonds is 5. The number of carbonyl (C=O) groups excluding carboxylic acids is 2. The highest BCUT2D eigenvalue weighted by Gasteiger charge is 2.35. The van der Waals surface area contributed by atoms with E-state index in [4.69, 9.17) is 4.74 Å². The molecule has 2 aromatic rings. The number of aromatic nitrogens is 2. The summed E-state index contributed by atoms with van der Waals surface area (Å²) in [6.07, 6.45) is 0.636. The Kier molecular flexibility index (Phi) is 5.22. The summed E-state index contributed by atoms with van der Waals surface area (Å²) >= 11 is 1.36. The summed E-state index contributed by atoms with van der Waals surface area (Å²) < 4.78 is 4.80. The molecule has 0 radical (unpaired) electrons. The fraction of sp³-hybridized carbons (Fsp3) is 0.444. The van der Waals surface area contributed by atoms with Crippen LogP contribution >= 0.6 is 11.3 Å². The third kappa shape index (κ3) is 3.55. The summed E-state index contributed by atoms with van der Waals surface area (Å²) in [5, 5.41) is 5.65. The van der Waals surface area contributed by atoms with Crippen LogP contribution in [0.4, 0.5) is 10.8 Å². The molecule has 1 aliphatic heterocycles. The number of carbonyl (C=O) groups is 2. The first-order valence-electron chi connectivity index (χ1n) is 8.50. The predicted molar refractivity (Wildman–Crippen MR) is 101 cm³/mol. The summed E-state index contributed by atoms with van der Waals surface area (Å²) in [4.78, 5) is 35.3. The van der Waals surface area contributed by atoms with Crippen LogP contribution in [0.3, 0.4) is 0 Å². The third-order valence-corrected chi connectivity index (χ3v) is 5.15. The van der Waals surface area contributed by atoms with Crippen LogP contribution in [0.1, 0.15) is 48.1 Å². The van der Waals surface area contributed by atoms with Gasteiger partial charge >= 0.3 is 5.97 Å². The summed E-state index contributed by atoms with van der Waals surface area (Å²) in [5.41, 5.74) is 1.28. The number of methoxy groups -OCH3 is 1. The van der Waals surface area contributed by atoms with Gasteiger partial charge in [-0.15, -0.1) is 11.3 Å². The lowest BCUT2D eigenvalue weighted by molar-refractivity contribution is -0.117. The molecule has 3 heterocycles. The first-order valence-corrected chi connectivity index (χ1v) is 9.38. The molecule has 1 saturated heterocycles. The van der Waals surface area contributed by atoms with E-state index in [1.54, 1.807) is 16.3 Å². The van der Waals surface area contributed by atoms with E-state index in [9.17, 15) is 9.59 Å². The summed E-state index contributed by atoms with van der Waals surface area (Å²) in [5.74, 6) is 1.11. The maximum absolute atomic E-state index is 12.8. The molecule has 1 fully saturated rings. The van der Waals surface area contributed by atoms with Gasteiger partial charge in [-0.25, -0.2) is 14.8 Å². The smallest absolute Gasteiger partial charge is 0.340 e. The Morgan fingerprint density at radius 1 is 1.42 bits per heavy atom. The van der Waals surface area contributed by atoms with Crippen LogP contribution in [-0.4, -0.2) is 41.5 Å². The highest BCUT2D eigenvalue weighted by Crippen LogP contribution is 2.32. The summed E-state index contributed by atoms with van der Waals surface area (Å²) in [6.45, 7) is 6.52. The fourth-order valence-electron chi connectivity index (χ4n) is 2.89. The molecule has 8 heteroatoms. The number of anilines is 2. The first kappa shape index (κ1) is 18.3. The average Bonchev–Trinajstić information content (AvgIpc) is 3.21. The van der Waals surface area contributed by atoms with Crippen LogP contribution in [0, 0.1) is 6.92 Å². The second kappa shape index (κ2) is 7.41. The molecule has 1 unspecified atom stereocenters. The Morgan fingerprint density at radius 2 is 2.19 bits per heavy atom. The third-order valence-electron chi connectivity index (χ3n) is 4.21. The second-order valence-corrected chi connectivity index (χ2v) is 7.41. The number of esters is 1. The molecule has 1 N–H and O–H groups in total. The van der Waals surface area contributed by atoms with Crippen LogP contribution in [0.15, 0.2) is 17.5 Å². The molecule has 0 spiro atoms. The van der Waals surface area contributed by atoms with Crippen molar-refractivity contribution < 1.29 is 14.3 Å². The zero-order valence-electron chi connectivity index (χ0n) is 15.3. The molecule has 0 aliphatic carbocycles. The Morgan fingerprint density at radius 3 is 2.88 bits per heavy atom. The molecule has 1 aliphatic rings. The number of thiophene rings is 1. The summed E-state index contributed by atoms with van der Waals surface area (Å²) in [7, 11) is 1.34. The standard InChI is InChI=1S/C18H22N4O3S/c1-10(2)15-19-11(3)9-14(21-15)20-13-5-7-22(16(13)23)17-12(6-8-26-17)18(24)25-4/h6,8-10,13H,5,7H2,1-4H3,(H,19,20,21). The number of hydrogen-bond donors (Lipinski definition) is 1. The van der Waals surface area contributed by atoms with E-state index in [0.29, 0.717) is 29.3 Å². The van der Waals surface area contributed by atoms with Gasteiger partial charge in [0.25, 0.3) is 0 Å². The monoisotopic (exact) mass is 374 g/mol. The molecular weight excluding hydrogens is 352 g/mol. The number of aryl methyl sites for hydroxylation is 1. The number of nitrogens with zero attached hydrogens (tertiary/aromatic N) is 3. The minimum absolute atomic E-state index is 0.0695. The second-order valence-electron chi connectivity index (χ2n) is 6.51. The molecule has 1 atom stereocenters.